The molecule has 1 unspecified atom stereocenters. The van der Waals surface area contributed by atoms with Crippen molar-refractivity contribution >= 4 is 38.0 Å². The highest BCUT2D eigenvalue weighted by Crippen LogP contribution is 2.38. The van der Waals surface area contributed by atoms with Crippen LogP contribution in [0.25, 0.3) is 10.9 Å². The van der Waals surface area contributed by atoms with E-state index < -0.39 is 9.84 Å². The summed E-state index contributed by atoms with van der Waals surface area (Å²) < 4.78 is 26.9. The van der Waals surface area contributed by atoms with Gasteiger partial charge in [-0.25, -0.2) is 13.4 Å². The van der Waals surface area contributed by atoms with E-state index in [1.807, 2.05) is 24.3 Å². The monoisotopic (exact) mass is 401 g/mol. The Morgan fingerprint density at radius 2 is 1.89 bits per heavy atom. The summed E-state index contributed by atoms with van der Waals surface area (Å²) in [7, 11) is -3.66. The largest absolute Gasteiger partial charge is 0.367 e. The van der Waals surface area contributed by atoms with E-state index in [0.29, 0.717) is 14.8 Å². The van der Waals surface area contributed by atoms with Crippen LogP contribution >= 0.6 is 11.6 Å². The normalized spacial score (nSPS) is 18.0. The number of nitrogens with zero attached hydrogens (tertiary/aromatic N) is 1. The number of sulfone groups is 1. The van der Waals surface area contributed by atoms with Crippen molar-refractivity contribution in [3.8, 4) is 0 Å². The molecule has 2 heterocycles. The first-order chi connectivity index (χ1) is 13.0. The summed E-state index contributed by atoms with van der Waals surface area (Å²) in [6.45, 7) is 3.00. The number of hydrogen-bond donors (Lipinski definition) is 0. The van der Waals surface area contributed by atoms with Gasteiger partial charge in [0.25, 0.3) is 0 Å². The van der Waals surface area contributed by atoms with Crippen LogP contribution in [0.3, 0.4) is 0 Å². The Kier molecular flexibility index (Phi) is 4.82. The Labute approximate surface area is 164 Å². The molecule has 1 fully saturated rings. The minimum Gasteiger partial charge on any atom is -0.367 e. The van der Waals surface area contributed by atoms with Crippen molar-refractivity contribution in [1.82, 2.24) is 0 Å². The maximum absolute atomic E-state index is 13.5. The molecule has 0 amide bonds. The molecule has 0 spiro atoms. The van der Waals surface area contributed by atoms with E-state index in [1.54, 1.807) is 30.5 Å². The van der Waals surface area contributed by atoms with Crippen LogP contribution in [0.1, 0.15) is 26.2 Å². The number of H-pyrrole nitrogens is 1. The number of anilines is 1. The van der Waals surface area contributed by atoms with Gasteiger partial charge in [-0.05, 0) is 50.5 Å². The molecule has 0 aliphatic carbocycles. The van der Waals surface area contributed by atoms with Gasteiger partial charge >= 0.3 is 0 Å². The lowest BCUT2D eigenvalue weighted by Crippen LogP contribution is -2.38. The van der Waals surface area contributed by atoms with Gasteiger partial charge < -0.3 is 4.90 Å². The van der Waals surface area contributed by atoms with Gasteiger partial charge in [0, 0.05) is 23.7 Å². The molecule has 1 aromatic heterocycles. The average molecular weight is 402 g/mol. The Morgan fingerprint density at radius 3 is 2.63 bits per heavy atom. The highest BCUT2D eigenvalue weighted by atomic mass is 35.5. The first kappa shape index (κ1) is 18.3. The average Bonchev–Trinajstić information content (AvgIpc) is 2.68. The number of pyridine rings is 1. The first-order valence-electron chi connectivity index (χ1n) is 9.19. The van der Waals surface area contributed by atoms with Gasteiger partial charge in [-0.15, -0.1) is 0 Å². The Balaban J connectivity index is 2.02. The molecular formula is C21H22ClN2O2S+. The molecule has 4 rings (SSSR count). The number of piperidine rings is 1. The van der Waals surface area contributed by atoms with Crippen molar-refractivity contribution in [2.45, 2.75) is 42.0 Å². The predicted octanol–water partition coefficient (Wildman–Crippen LogP) is 4.52. The molecule has 140 valence electrons. The topological polar surface area (TPSA) is 51.5 Å². The van der Waals surface area contributed by atoms with Crippen LogP contribution in [-0.2, 0) is 9.84 Å². The molecule has 2 aromatic carbocycles. The van der Waals surface area contributed by atoms with Crippen LogP contribution < -0.4 is 9.88 Å². The lowest BCUT2D eigenvalue weighted by atomic mass is 10.0. The lowest BCUT2D eigenvalue weighted by molar-refractivity contribution is -0.347. The lowest BCUT2D eigenvalue weighted by Gasteiger charge is -2.36. The molecule has 1 aliphatic heterocycles. The fourth-order valence-corrected chi connectivity index (χ4v) is 5.48. The molecular weight excluding hydrogens is 380 g/mol. The van der Waals surface area contributed by atoms with Gasteiger partial charge in [-0.3, -0.25) is 0 Å². The molecule has 1 saturated heterocycles. The minimum atomic E-state index is -3.66. The molecule has 0 bridgehead atoms. The standard InChI is InChI=1S/C21H21ClN2O2S/c1-15-7-5-6-12-24(15)21-18-13-16(22)10-11-19(18)23-14-20(21)27(25,26)17-8-3-2-4-9-17/h2-4,8-11,13-15H,5-7,12H2,1H3/p+1. The number of aromatic nitrogens is 1. The van der Waals surface area contributed by atoms with Crippen molar-refractivity contribution in [2.24, 2.45) is 0 Å². The zero-order chi connectivity index (χ0) is 19.0. The number of fused-ring (bicyclic) bond motifs is 1. The number of benzene rings is 2. The summed E-state index contributed by atoms with van der Waals surface area (Å²) >= 11 is 6.27. The van der Waals surface area contributed by atoms with Crippen LogP contribution in [0.5, 0.6) is 0 Å². The van der Waals surface area contributed by atoms with E-state index >= 15 is 0 Å². The molecule has 4 nitrogen and oxygen atoms in total. The van der Waals surface area contributed by atoms with Gasteiger partial charge in [-0.2, -0.15) is 0 Å². The second-order valence-corrected chi connectivity index (χ2v) is 9.40. The van der Waals surface area contributed by atoms with E-state index in [1.165, 1.54) is 0 Å². The first-order valence-corrected chi connectivity index (χ1v) is 11.1. The number of hydrogen-bond acceptors (Lipinski definition) is 3. The third kappa shape index (κ3) is 3.30. The van der Waals surface area contributed by atoms with Crippen LogP contribution in [0.2, 0.25) is 5.02 Å². The quantitative estimate of drug-likeness (QED) is 0.648. The molecule has 0 radical (unpaired) electrons. The highest BCUT2D eigenvalue weighted by molar-refractivity contribution is 7.91. The third-order valence-corrected chi connectivity index (χ3v) is 7.28. The summed E-state index contributed by atoms with van der Waals surface area (Å²) in [4.78, 5) is 5.98. The van der Waals surface area contributed by atoms with Crippen molar-refractivity contribution in [3.05, 3.63) is 59.8 Å². The van der Waals surface area contributed by atoms with Gasteiger partial charge in [0.2, 0.25) is 15.4 Å². The molecule has 1 N–H and O–H groups in total. The number of nitrogens with one attached hydrogen (secondary N) is 1. The zero-order valence-corrected chi connectivity index (χ0v) is 16.7. The third-order valence-electron chi connectivity index (χ3n) is 5.26. The smallest absolute Gasteiger partial charge is 0.214 e. The van der Waals surface area contributed by atoms with E-state index in [-0.39, 0.29) is 6.04 Å². The van der Waals surface area contributed by atoms with Gasteiger partial charge in [0.15, 0.2) is 11.1 Å². The molecule has 3 aromatic rings. The highest BCUT2D eigenvalue weighted by Gasteiger charge is 2.32. The molecule has 1 atom stereocenters. The van der Waals surface area contributed by atoms with Crippen LogP contribution in [-0.4, -0.2) is 21.0 Å². The summed E-state index contributed by atoms with van der Waals surface area (Å²) in [5, 5.41) is 1.43. The molecule has 0 saturated carbocycles. The fourth-order valence-electron chi connectivity index (χ4n) is 3.84. The zero-order valence-electron chi connectivity index (χ0n) is 15.2. The molecule has 27 heavy (non-hydrogen) atoms. The van der Waals surface area contributed by atoms with Crippen LogP contribution in [0, 0.1) is 0 Å². The second kappa shape index (κ2) is 7.13. The second-order valence-electron chi connectivity index (χ2n) is 7.05. The SMILES string of the molecule is CC1CCCCN1c1c(S(=O)(=O)c2ccccc2)c[nH+]c2ccc(Cl)cc12. The van der Waals surface area contributed by atoms with E-state index in [9.17, 15) is 8.42 Å². The summed E-state index contributed by atoms with van der Waals surface area (Å²) in [5.74, 6) is 0. The summed E-state index contributed by atoms with van der Waals surface area (Å²) in [6, 6.07) is 14.4. The van der Waals surface area contributed by atoms with E-state index in [2.05, 4.69) is 16.8 Å². The van der Waals surface area contributed by atoms with Crippen molar-refractivity contribution in [1.29, 1.82) is 0 Å². The van der Waals surface area contributed by atoms with Crippen molar-refractivity contribution < 1.29 is 13.4 Å². The van der Waals surface area contributed by atoms with Crippen molar-refractivity contribution in [2.75, 3.05) is 11.4 Å². The van der Waals surface area contributed by atoms with Gasteiger partial charge in [0.1, 0.15) is 0 Å². The minimum absolute atomic E-state index is 0.271. The Bertz CT molecular complexity index is 1080. The van der Waals surface area contributed by atoms with Gasteiger partial charge in [0.05, 0.1) is 16.0 Å². The van der Waals surface area contributed by atoms with Crippen LogP contribution in [0.15, 0.2) is 64.5 Å². The van der Waals surface area contributed by atoms with Crippen LogP contribution in [0.4, 0.5) is 5.69 Å². The number of rotatable bonds is 3. The summed E-state index contributed by atoms with van der Waals surface area (Å²) in [6.07, 6.45) is 4.88. The molecule has 1 aliphatic rings. The maximum Gasteiger partial charge on any atom is 0.214 e. The fraction of sp³-hybridized carbons (Fsp3) is 0.286. The maximum atomic E-state index is 13.5. The Morgan fingerprint density at radius 1 is 1.11 bits per heavy atom. The predicted molar refractivity (Wildman–Crippen MR) is 108 cm³/mol. The number of aromatic amines is 1. The number of halogens is 1. The van der Waals surface area contributed by atoms with E-state index in [4.69, 9.17) is 11.6 Å². The summed E-state index contributed by atoms with van der Waals surface area (Å²) in [5.41, 5.74) is 1.63. The Hall–Kier alpha value is -2.11. The molecule has 6 heteroatoms. The van der Waals surface area contributed by atoms with Gasteiger partial charge in [-0.1, -0.05) is 29.8 Å². The van der Waals surface area contributed by atoms with Crippen molar-refractivity contribution in [3.63, 3.8) is 0 Å². The van der Waals surface area contributed by atoms with E-state index in [0.717, 1.165) is 42.4 Å².